The molecule has 1 unspecified atom stereocenters. The number of nitrogens with zero attached hydrogens (tertiary/aromatic N) is 4. The summed E-state index contributed by atoms with van der Waals surface area (Å²) < 4.78 is 0. The van der Waals surface area contributed by atoms with E-state index in [-0.39, 0.29) is 5.92 Å². The van der Waals surface area contributed by atoms with Crippen LogP contribution in [0.3, 0.4) is 0 Å². The highest BCUT2D eigenvalue weighted by atomic mass is 14.9. The SMILES string of the molecule is C=C/C=C(\C=C/Cc1cc(-c2cccc(-c3ccccc3)c2)nc(-c2ccccc2)n1)C(C)c1ccc(-c2cc(-c3cccc(-c4ccccc4)c3)nc(-c3ccccc3)n2)cc1. The number of hydrogen-bond donors (Lipinski definition) is 0. The summed E-state index contributed by atoms with van der Waals surface area (Å²) in [6.07, 6.45) is 8.99. The molecule has 2 aromatic heterocycles. The van der Waals surface area contributed by atoms with Gasteiger partial charge in [-0.05, 0) is 57.7 Å². The Morgan fingerprint density at radius 2 is 0.857 bits per heavy atom. The van der Waals surface area contributed by atoms with Crippen molar-refractivity contribution in [3.05, 3.63) is 254 Å². The van der Waals surface area contributed by atoms with Crippen molar-refractivity contribution >= 4 is 0 Å². The van der Waals surface area contributed by atoms with Gasteiger partial charge in [-0.25, -0.2) is 19.9 Å². The van der Waals surface area contributed by atoms with Crippen molar-refractivity contribution in [2.24, 2.45) is 0 Å². The summed E-state index contributed by atoms with van der Waals surface area (Å²) in [7, 11) is 0. The molecule has 0 aliphatic rings. The van der Waals surface area contributed by atoms with Crippen molar-refractivity contribution in [2.75, 3.05) is 0 Å². The lowest BCUT2D eigenvalue weighted by molar-refractivity contribution is 0.919. The van der Waals surface area contributed by atoms with E-state index in [1.54, 1.807) is 0 Å². The quantitative estimate of drug-likeness (QED) is 0.109. The zero-order valence-corrected chi connectivity index (χ0v) is 35.2. The Morgan fingerprint density at radius 1 is 0.429 bits per heavy atom. The molecule has 0 aliphatic heterocycles. The van der Waals surface area contributed by atoms with E-state index in [4.69, 9.17) is 19.9 Å². The second-order valence-corrected chi connectivity index (χ2v) is 15.5. The summed E-state index contributed by atoms with van der Waals surface area (Å²) >= 11 is 0. The first-order valence-electron chi connectivity index (χ1n) is 21.4. The number of benzene rings is 7. The van der Waals surface area contributed by atoms with Gasteiger partial charge in [0.2, 0.25) is 0 Å². The zero-order chi connectivity index (χ0) is 42.8. The molecule has 4 nitrogen and oxygen atoms in total. The van der Waals surface area contributed by atoms with Gasteiger partial charge < -0.3 is 0 Å². The maximum Gasteiger partial charge on any atom is 0.160 e. The molecule has 9 rings (SSSR count). The Kier molecular flexibility index (Phi) is 12.2. The summed E-state index contributed by atoms with van der Waals surface area (Å²) in [6, 6.07) is 71.4. The molecule has 2 heterocycles. The molecule has 9 aromatic rings. The van der Waals surface area contributed by atoms with Crippen LogP contribution in [0.2, 0.25) is 0 Å². The number of rotatable bonds is 13. The average Bonchev–Trinajstić information content (AvgIpc) is 3.37. The minimum Gasteiger partial charge on any atom is -0.233 e. The third-order valence-corrected chi connectivity index (χ3v) is 11.3. The van der Waals surface area contributed by atoms with E-state index in [1.165, 1.54) is 16.7 Å². The molecule has 0 saturated carbocycles. The van der Waals surface area contributed by atoms with Crippen molar-refractivity contribution in [1.29, 1.82) is 0 Å². The Bertz CT molecular complexity index is 3030. The van der Waals surface area contributed by atoms with Crippen LogP contribution in [0.15, 0.2) is 243 Å². The lowest BCUT2D eigenvalue weighted by Crippen LogP contribution is -1.99. The molecule has 4 heteroatoms. The van der Waals surface area contributed by atoms with Gasteiger partial charge in [0.15, 0.2) is 11.6 Å². The first-order valence-corrected chi connectivity index (χ1v) is 21.4. The van der Waals surface area contributed by atoms with Crippen LogP contribution in [0.4, 0.5) is 0 Å². The van der Waals surface area contributed by atoms with Crippen molar-refractivity contribution in [1.82, 2.24) is 19.9 Å². The standard InChI is InChI=1S/C59H46N4/c1-3-19-43(28-18-33-54-40-55(61-58(60-54)48-24-12-6-13-25-48)52-31-16-29-50(38-52)45-20-8-4-9-21-45)42(2)44-34-36-47(37-35-44)56-41-57(63-59(62-56)49-26-14-7-15-27-49)53-32-17-30-51(39-53)46-22-10-5-11-23-46/h3-32,34-42H,1,33H2,2H3/b28-18-,43-19+. The summed E-state index contributed by atoms with van der Waals surface area (Å²) in [5, 5.41) is 0. The highest BCUT2D eigenvalue weighted by molar-refractivity contribution is 5.76. The van der Waals surface area contributed by atoms with E-state index in [1.807, 2.05) is 54.6 Å². The van der Waals surface area contributed by atoms with Crippen LogP contribution < -0.4 is 0 Å². The third-order valence-electron chi connectivity index (χ3n) is 11.3. The Balaban J connectivity index is 0.982. The van der Waals surface area contributed by atoms with Crippen LogP contribution in [0, 0.1) is 0 Å². The van der Waals surface area contributed by atoms with E-state index in [0.29, 0.717) is 18.1 Å². The van der Waals surface area contributed by atoms with Crippen molar-refractivity contribution in [3.63, 3.8) is 0 Å². The first-order chi connectivity index (χ1) is 31.1. The smallest absolute Gasteiger partial charge is 0.160 e. The molecule has 0 radical (unpaired) electrons. The highest BCUT2D eigenvalue weighted by Crippen LogP contribution is 2.33. The van der Waals surface area contributed by atoms with Crippen molar-refractivity contribution < 1.29 is 0 Å². The topological polar surface area (TPSA) is 51.6 Å². The fourth-order valence-corrected chi connectivity index (χ4v) is 7.83. The lowest BCUT2D eigenvalue weighted by Gasteiger charge is -2.15. The summed E-state index contributed by atoms with van der Waals surface area (Å²) in [5.74, 6) is 1.51. The molecule has 63 heavy (non-hydrogen) atoms. The maximum atomic E-state index is 5.10. The van der Waals surface area contributed by atoms with Gasteiger partial charge in [-0.3, -0.25) is 0 Å². The summed E-state index contributed by atoms with van der Waals surface area (Å²) in [6.45, 7) is 6.30. The number of allylic oxidation sites excluding steroid dienone is 5. The molecule has 0 amide bonds. The van der Waals surface area contributed by atoms with Crippen LogP contribution >= 0.6 is 0 Å². The lowest BCUT2D eigenvalue weighted by atomic mass is 9.91. The molecule has 0 N–H and O–H groups in total. The van der Waals surface area contributed by atoms with Crippen LogP contribution in [-0.2, 0) is 6.42 Å². The molecule has 302 valence electrons. The second kappa shape index (κ2) is 19.1. The average molecular weight is 811 g/mol. The minimum absolute atomic E-state index is 0.108. The summed E-state index contributed by atoms with van der Waals surface area (Å²) in [4.78, 5) is 20.3. The van der Waals surface area contributed by atoms with Gasteiger partial charge in [0, 0.05) is 45.8 Å². The Morgan fingerprint density at radius 3 is 1.37 bits per heavy atom. The van der Waals surface area contributed by atoms with E-state index in [9.17, 15) is 0 Å². The zero-order valence-electron chi connectivity index (χ0n) is 35.2. The maximum absolute atomic E-state index is 5.10. The van der Waals surface area contributed by atoms with E-state index in [0.717, 1.165) is 67.3 Å². The molecule has 0 fully saturated rings. The van der Waals surface area contributed by atoms with Crippen molar-refractivity contribution in [2.45, 2.75) is 19.3 Å². The number of hydrogen-bond acceptors (Lipinski definition) is 4. The van der Waals surface area contributed by atoms with Crippen LogP contribution in [0.25, 0.3) is 78.8 Å². The third kappa shape index (κ3) is 9.62. The van der Waals surface area contributed by atoms with Crippen molar-refractivity contribution in [3.8, 4) is 78.8 Å². The van der Waals surface area contributed by atoms with Gasteiger partial charge >= 0.3 is 0 Å². The highest BCUT2D eigenvalue weighted by Gasteiger charge is 2.15. The van der Waals surface area contributed by atoms with E-state index >= 15 is 0 Å². The molecular formula is C59H46N4. The van der Waals surface area contributed by atoms with Gasteiger partial charge in [-0.2, -0.15) is 0 Å². The molecule has 0 aliphatic carbocycles. The summed E-state index contributed by atoms with van der Waals surface area (Å²) in [5.41, 5.74) is 15.7. The normalized spacial score (nSPS) is 12.0. The van der Waals surface area contributed by atoms with Gasteiger partial charge in [-0.1, -0.05) is 220 Å². The van der Waals surface area contributed by atoms with E-state index in [2.05, 4.69) is 189 Å². The predicted molar refractivity (Wildman–Crippen MR) is 262 cm³/mol. The van der Waals surface area contributed by atoms with Gasteiger partial charge in [-0.15, -0.1) is 0 Å². The largest absolute Gasteiger partial charge is 0.233 e. The van der Waals surface area contributed by atoms with Crippen LogP contribution in [-0.4, -0.2) is 19.9 Å². The fourth-order valence-electron chi connectivity index (χ4n) is 7.83. The minimum atomic E-state index is 0.108. The molecule has 7 aromatic carbocycles. The molecule has 0 bridgehead atoms. The molecule has 1 atom stereocenters. The molecule has 0 spiro atoms. The first kappa shape index (κ1) is 40.3. The van der Waals surface area contributed by atoms with E-state index < -0.39 is 0 Å². The monoisotopic (exact) mass is 810 g/mol. The Labute approximate surface area is 370 Å². The van der Waals surface area contributed by atoms with Crippen LogP contribution in [0.1, 0.15) is 24.1 Å². The second-order valence-electron chi connectivity index (χ2n) is 15.5. The molecule has 0 saturated heterocycles. The van der Waals surface area contributed by atoms with Gasteiger partial charge in [0.1, 0.15) is 0 Å². The predicted octanol–water partition coefficient (Wildman–Crippen LogP) is 15.0. The van der Waals surface area contributed by atoms with Gasteiger partial charge in [0.25, 0.3) is 0 Å². The molecular weight excluding hydrogens is 765 g/mol. The van der Waals surface area contributed by atoms with Crippen LogP contribution in [0.5, 0.6) is 0 Å². The number of aromatic nitrogens is 4. The fraction of sp³-hybridized carbons (Fsp3) is 0.0508. The Hall–Kier alpha value is -8.08. The van der Waals surface area contributed by atoms with Gasteiger partial charge in [0.05, 0.1) is 17.1 Å².